The highest BCUT2D eigenvalue weighted by atomic mass is 32.2. The minimum atomic E-state index is -4.09. The van der Waals surface area contributed by atoms with Gasteiger partial charge in [0.2, 0.25) is 0 Å². The molecule has 0 amide bonds. The molecule has 0 spiro atoms. The fraction of sp³-hybridized carbons (Fsp3) is 0.571. The summed E-state index contributed by atoms with van der Waals surface area (Å²) in [6.07, 6.45) is -4.37. The smallest absolute Gasteiger partial charge is 0.351 e. The van der Waals surface area contributed by atoms with E-state index in [1.165, 1.54) is 0 Å². The Morgan fingerprint density at radius 3 is 2.50 bits per heavy atom. The minimum absolute atomic E-state index is 0.483. The summed E-state index contributed by atoms with van der Waals surface area (Å²) < 4.78 is 58.0. The number of nitrogens with zero attached hydrogens (tertiary/aromatic N) is 2. The zero-order chi connectivity index (χ0) is 21.2. The first-order valence-corrected chi connectivity index (χ1v) is 9.59. The van der Waals surface area contributed by atoms with Gasteiger partial charge in [-0.1, -0.05) is 0 Å². The lowest BCUT2D eigenvalue weighted by molar-refractivity contribution is -0.155. The molecule has 0 saturated carbocycles. The van der Waals surface area contributed by atoms with Gasteiger partial charge in [-0.2, -0.15) is 13.4 Å². The van der Waals surface area contributed by atoms with Crippen LogP contribution in [-0.4, -0.2) is 61.1 Å². The molecule has 1 fully saturated rings. The van der Waals surface area contributed by atoms with Gasteiger partial charge in [-0.05, 0) is 0 Å². The van der Waals surface area contributed by atoms with Crippen LogP contribution in [-0.2, 0) is 38.1 Å². The molecule has 0 aromatic carbocycles. The molecular weight excluding hydrogens is 405 g/mol. The molecule has 2 rings (SSSR count). The zero-order valence-corrected chi connectivity index (χ0v) is 15.8. The first-order chi connectivity index (χ1) is 12.9. The van der Waals surface area contributed by atoms with Gasteiger partial charge in [-0.3, -0.25) is 18.3 Å². The fourth-order valence-electron chi connectivity index (χ4n) is 2.54. The molecule has 2 N–H and O–H groups in total. The van der Waals surface area contributed by atoms with E-state index in [4.69, 9.17) is 24.1 Å². The number of hydrogen-bond acceptors (Lipinski definition) is 11. The molecule has 0 aliphatic carbocycles. The van der Waals surface area contributed by atoms with Gasteiger partial charge in [0.1, 0.15) is 18.8 Å². The molecule has 1 aliphatic rings. The maximum Gasteiger partial charge on any atom is 0.351 e. The monoisotopic (exact) mass is 423 g/mol. The van der Waals surface area contributed by atoms with Crippen LogP contribution in [0, 0.1) is 5.82 Å². The number of halogens is 1. The Morgan fingerprint density at radius 1 is 1.32 bits per heavy atom. The van der Waals surface area contributed by atoms with Gasteiger partial charge in [0, 0.05) is 13.8 Å². The molecule has 2 heterocycles. The molecular formula is C14H18FN3O9S. The van der Waals surface area contributed by atoms with E-state index in [9.17, 15) is 27.2 Å². The average Bonchev–Trinajstić information content (AvgIpc) is 2.84. The highest BCUT2D eigenvalue weighted by Gasteiger charge is 2.51. The predicted octanol–water partition coefficient (Wildman–Crippen LogP) is -1.30. The van der Waals surface area contributed by atoms with Gasteiger partial charge >= 0.3 is 17.6 Å². The summed E-state index contributed by atoms with van der Waals surface area (Å²) in [4.78, 5) is 38.0. The van der Waals surface area contributed by atoms with Crippen molar-refractivity contribution in [3.63, 3.8) is 0 Å². The van der Waals surface area contributed by atoms with Gasteiger partial charge < -0.3 is 19.9 Å². The molecule has 1 aromatic rings. The van der Waals surface area contributed by atoms with Crippen molar-refractivity contribution in [2.24, 2.45) is 0 Å². The van der Waals surface area contributed by atoms with E-state index in [1.54, 1.807) is 0 Å². The third kappa shape index (κ3) is 5.24. The van der Waals surface area contributed by atoms with Crippen LogP contribution >= 0.6 is 0 Å². The van der Waals surface area contributed by atoms with Gasteiger partial charge in [0.05, 0.1) is 12.5 Å². The maximum atomic E-state index is 13.8. The third-order valence-corrected chi connectivity index (χ3v) is 4.10. The van der Waals surface area contributed by atoms with Crippen LogP contribution in [0.4, 0.5) is 10.2 Å². The molecule has 156 valence electrons. The van der Waals surface area contributed by atoms with E-state index in [-0.39, 0.29) is 0 Å². The molecule has 0 unspecified atom stereocenters. The lowest BCUT2D eigenvalue weighted by Crippen LogP contribution is -2.42. The van der Waals surface area contributed by atoms with E-state index in [0.717, 1.165) is 20.1 Å². The zero-order valence-electron chi connectivity index (χ0n) is 15.0. The van der Waals surface area contributed by atoms with Gasteiger partial charge in [-0.25, -0.2) is 9.18 Å². The molecule has 28 heavy (non-hydrogen) atoms. The second kappa shape index (κ2) is 8.20. The first kappa shape index (κ1) is 21.7. The second-order valence-corrected chi connectivity index (χ2v) is 7.47. The molecule has 14 heteroatoms. The molecule has 0 bridgehead atoms. The number of carbonyl (C=O) groups excluding carboxylic acids is 2. The van der Waals surface area contributed by atoms with Crippen LogP contribution in [0.3, 0.4) is 0 Å². The lowest BCUT2D eigenvalue weighted by atomic mass is 10.1. The van der Waals surface area contributed by atoms with Crippen molar-refractivity contribution < 1.29 is 40.8 Å². The van der Waals surface area contributed by atoms with Crippen molar-refractivity contribution in [3.8, 4) is 0 Å². The predicted molar refractivity (Wildman–Crippen MR) is 88.7 cm³/mol. The number of nitrogens with two attached hydrogens (primary N) is 1. The van der Waals surface area contributed by atoms with Gasteiger partial charge in [0.25, 0.3) is 10.1 Å². The SMILES string of the molecule is CC(=O)OC[C@H]1O[C@@H](n2cc(F)c(N)nc2=O)[C@H](OC(C)=O)[C@H]1OS(C)(=O)=O. The van der Waals surface area contributed by atoms with Crippen LogP contribution in [0.2, 0.25) is 0 Å². The lowest BCUT2D eigenvalue weighted by Gasteiger charge is -2.23. The summed E-state index contributed by atoms with van der Waals surface area (Å²) in [6.45, 7) is 1.65. The molecule has 12 nitrogen and oxygen atoms in total. The summed E-state index contributed by atoms with van der Waals surface area (Å²) in [7, 11) is -4.09. The van der Waals surface area contributed by atoms with Crippen molar-refractivity contribution in [1.29, 1.82) is 0 Å². The number of nitrogen functional groups attached to an aromatic ring is 1. The van der Waals surface area contributed by atoms with E-state index in [0.29, 0.717) is 10.8 Å². The maximum absolute atomic E-state index is 13.8. The number of ether oxygens (including phenoxy) is 3. The van der Waals surface area contributed by atoms with Crippen LogP contribution in [0.25, 0.3) is 0 Å². The fourth-order valence-corrected chi connectivity index (χ4v) is 3.18. The average molecular weight is 423 g/mol. The summed E-state index contributed by atoms with van der Waals surface area (Å²) in [5, 5.41) is 0. The van der Waals surface area contributed by atoms with Gasteiger partial charge in [0.15, 0.2) is 24.0 Å². The third-order valence-electron chi connectivity index (χ3n) is 3.53. The summed E-state index contributed by atoms with van der Waals surface area (Å²) in [6, 6.07) is 0. The van der Waals surface area contributed by atoms with Crippen molar-refractivity contribution in [1.82, 2.24) is 9.55 Å². The number of rotatable bonds is 6. The quantitative estimate of drug-likeness (QED) is 0.427. The van der Waals surface area contributed by atoms with Crippen LogP contribution < -0.4 is 11.4 Å². The van der Waals surface area contributed by atoms with Crippen molar-refractivity contribution in [3.05, 3.63) is 22.5 Å². The number of aromatic nitrogens is 2. The van der Waals surface area contributed by atoms with Gasteiger partial charge in [-0.15, -0.1) is 0 Å². The Bertz CT molecular complexity index is 932. The Labute approximate surface area is 158 Å². The van der Waals surface area contributed by atoms with Crippen molar-refractivity contribution in [2.45, 2.75) is 38.4 Å². The number of hydrogen-bond donors (Lipinski definition) is 1. The van der Waals surface area contributed by atoms with E-state index >= 15 is 0 Å². The highest BCUT2D eigenvalue weighted by molar-refractivity contribution is 7.86. The van der Waals surface area contributed by atoms with Crippen molar-refractivity contribution >= 4 is 27.9 Å². The van der Waals surface area contributed by atoms with E-state index < -0.39 is 70.5 Å². The van der Waals surface area contributed by atoms with Crippen molar-refractivity contribution in [2.75, 3.05) is 18.6 Å². The Morgan fingerprint density at radius 2 is 1.96 bits per heavy atom. The summed E-state index contributed by atoms with van der Waals surface area (Å²) >= 11 is 0. The first-order valence-electron chi connectivity index (χ1n) is 7.77. The summed E-state index contributed by atoms with van der Waals surface area (Å²) in [5.41, 5.74) is 4.19. The second-order valence-electron chi connectivity index (χ2n) is 5.87. The number of esters is 2. The van der Waals surface area contributed by atoms with Crippen LogP contribution in [0.1, 0.15) is 20.1 Å². The molecule has 1 saturated heterocycles. The van der Waals surface area contributed by atoms with Crippen LogP contribution in [0.5, 0.6) is 0 Å². The number of anilines is 1. The highest BCUT2D eigenvalue weighted by Crippen LogP contribution is 2.34. The molecule has 0 radical (unpaired) electrons. The Kier molecular flexibility index (Phi) is 6.36. The largest absolute Gasteiger partial charge is 0.463 e. The minimum Gasteiger partial charge on any atom is -0.463 e. The standard InChI is InChI=1S/C14H18FN3O9S/c1-6(19)24-5-9-10(27-28(3,22)23)11(25-7(2)20)13(26-9)18-4-8(15)12(16)17-14(18)21/h4,9-11,13H,5H2,1-3H3,(H2,16,17,21)/t9-,10+,11-,13-/m1/s1. The molecule has 4 atom stereocenters. The van der Waals surface area contributed by atoms with E-state index in [2.05, 4.69) is 4.98 Å². The number of carbonyl (C=O) groups is 2. The molecule has 1 aliphatic heterocycles. The normalized spacial score (nSPS) is 24.7. The topological polar surface area (TPSA) is 166 Å². The van der Waals surface area contributed by atoms with Crippen LogP contribution in [0.15, 0.2) is 11.0 Å². The molecule has 1 aromatic heterocycles. The Balaban J connectivity index is 2.50. The van der Waals surface area contributed by atoms with E-state index in [1.807, 2.05) is 0 Å². The Hall–Kier alpha value is -2.58. The summed E-state index contributed by atoms with van der Waals surface area (Å²) in [5.74, 6) is -3.28.